The van der Waals surface area contributed by atoms with E-state index < -0.39 is 0 Å². The van der Waals surface area contributed by atoms with E-state index in [-0.39, 0.29) is 11.5 Å². The van der Waals surface area contributed by atoms with Crippen molar-refractivity contribution in [2.75, 3.05) is 12.0 Å². The van der Waals surface area contributed by atoms with Gasteiger partial charge >= 0.3 is 0 Å². The third-order valence-corrected chi connectivity index (χ3v) is 2.71. The van der Waals surface area contributed by atoms with Gasteiger partial charge in [0.25, 0.3) is 0 Å². The molecular weight excluding hydrogens is 210 g/mol. The van der Waals surface area contributed by atoms with Crippen molar-refractivity contribution in [3.8, 4) is 0 Å². The Bertz CT molecular complexity index is 306. The summed E-state index contributed by atoms with van der Waals surface area (Å²) in [7, 11) is 0. The van der Waals surface area contributed by atoms with Crippen LogP contribution >= 0.6 is 11.8 Å². The third kappa shape index (κ3) is 3.50. The minimum Gasteiger partial charge on any atom is -0.338 e. The molecule has 0 bridgehead atoms. The van der Waals surface area contributed by atoms with Crippen molar-refractivity contribution in [2.45, 2.75) is 38.6 Å². The molecule has 0 spiro atoms. The predicted molar refractivity (Wildman–Crippen MR) is 62.9 cm³/mol. The third-order valence-electron chi connectivity index (χ3n) is 2.06. The molecule has 0 aliphatic heterocycles. The van der Waals surface area contributed by atoms with Crippen LogP contribution in [0.3, 0.4) is 0 Å². The highest BCUT2D eigenvalue weighted by molar-refractivity contribution is 7.98. The van der Waals surface area contributed by atoms with E-state index in [0.717, 1.165) is 18.0 Å². The SMILES string of the molecule is CSCCC(N)c1nc(C(C)(C)C)no1. The lowest BCUT2D eigenvalue weighted by atomic mass is 9.96. The lowest BCUT2D eigenvalue weighted by Gasteiger charge is -2.11. The second-order valence-electron chi connectivity index (χ2n) is 4.59. The maximum atomic E-state index is 5.93. The van der Waals surface area contributed by atoms with Crippen molar-refractivity contribution in [2.24, 2.45) is 5.73 Å². The van der Waals surface area contributed by atoms with Gasteiger partial charge in [0, 0.05) is 5.41 Å². The lowest BCUT2D eigenvalue weighted by Crippen LogP contribution is -2.15. The van der Waals surface area contributed by atoms with Gasteiger partial charge in [0.15, 0.2) is 5.82 Å². The highest BCUT2D eigenvalue weighted by Crippen LogP contribution is 2.21. The van der Waals surface area contributed by atoms with E-state index in [1.165, 1.54) is 0 Å². The van der Waals surface area contributed by atoms with Gasteiger partial charge in [-0.1, -0.05) is 25.9 Å². The number of hydrogen-bond donors (Lipinski definition) is 1. The van der Waals surface area contributed by atoms with Crippen molar-refractivity contribution in [1.29, 1.82) is 0 Å². The molecule has 0 saturated carbocycles. The number of rotatable bonds is 4. The normalized spacial score (nSPS) is 14.2. The Labute approximate surface area is 95.0 Å². The van der Waals surface area contributed by atoms with Gasteiger partial charge in [-0.25, -0.2) is 0 Å². The average Bonchev–Trinajstić information content (AvgIpc) is 2.62. The molecule has 15 heavy (non-hydrogen) atoms. The van der Waals surface area contributed by atoms with Crippen molar-refractivity contribution in [1.82, 2.24) is 10.1 Å². The summed E-state index contributed by atoms with van der Waals surface area (Å²) in [5.41, 5.74) is 5.85. The van der Waals surface area contributed by atoms with Crippen LogP contribution in [0.1, 0.15) is 44.9 Å². The fraction of sp³-hybridized carbons (Fsp3) is 0.800. The van der Waals surface area contributed by atoms with Gasteiger partial charge in [0.05, 0.1) is 6.04 Å². The van der Waals surface area contributed by atoms with Gasteiger partial charge in [-0.15, -0.1) is 0 Å². The van der Waals surface area contributed by atoms with Crippen molar-refractivity contribution in [3.05, 3.63) is 11.7 Å². The van der Waals surface area contributed by atoms with E-state index in [9.17, 15) is 0 Å². The molecule has 0 amide bonds. The maximum Gasteiger partial charge on any atom is 0.243 e. The van der Waals surface area contributed by atoms with Gasteiger partial charge in [-0.2, -0.15) is 16.7 Å². The Morgan fingerprint density at radius 2 is 2.13 bits per heavy atom. The largest absolute Gasteiger partial charge is 0.338 e. The molecule has 1 rings (SSSR count). The summed E-state index contributed by atoms with van der Waals surface area (Å²) in [4.78, 5) is 4.32. The van der Waals surface area contributed by atoms with E-state index in [1.807, 2.05) is 0 Å². The van der Waals surface area contributed by atoms with E-state index in [2.05, 4.69) is 37.2 Å². The molecule has 1 aromatic heterocycles. The standard InChI is InChI=1S/C10H19N3OS/c1-10(2,3)9-12-8(14-13-9)7(11)5-6-15-4/h7H,5-6,11H2,1-4H3. The molecule has 1 atom stereocenters. The van der Waals surface area contributed by atoms with Crippen LogP contribution in [0, 0.1) is 0 Å². The molecular formula is C10H19N3OS. The van der Waals surface area contributed by atoms with Crippen LogP contribution in [0.5, 0.6) is 0 Å². The Morgan fingerprint density at radius 3 is 2.60 bits per heavy atom. The van der Waals surface area contributed by atoms with Crippen LogP contribution in [0.25, 0.3) is 0 Å². The Balaban J connectivity index is 2.67. The Morgan fingerprint density at radius 1 is 1.47 bits per heavy atom. The smallest absolute Gasteiger partial charge is 0.243 e. The Kier molecular flexibility index (Phi) is 4.16. The fourth-order valence-corrected chi connectivity index (χ4v) is 1.55. The van der Waals surface area contributed by atoms with Crippen molar-refractivity contribution in [3.63, 3.8) is 0 Å². The highest BCUT2D eigenvalue weighted by Gasteiger charge is 2.22. The predicted octanol–water partition coefficient (Wildman–Crippen LogP) is 2.12. The van der Waals surface area contributed by atoms with Crippen molar-refractivity contribution >= 4 is 11.8 Å². The monoisotopic (exact) mass is 229 g/mol. The molecule has 0 aliphatic rings. The Hall–Kier alpha value is -0.550. The minimum absolute atomic E-state index is 0.0824. The first-order valence-electron chi connectivity index (χ1n) is 5.03. The maximum absolute atomic E-state index is 5.93. The number of thioether (sulfide) groups is 1. The molecule has 2 N–H and O–H groups in total. The van der Waals surface area contributed by atoms with E-state index in [1.54, 1.807) is 11.8 Å². The molecule has 5 heteroatoms. The molecule has 1 unspecified atom stereocenters. The first-order valence-corrected chi connectivity index (χ1v) is 6.43. The van der Waals surface area contributed by atoms with Gasteiger partial charge < -0.3 is 10.3 Å². The summed E-state index contributed by atoms with van der Waals surface area (Å²) in [6.07, 6.45) is 2.92. The van der Waals surface area contributed by atoms with Gasteiger partial charge in [0.1, 0.15) is 0 Å². The molecule has 0 aliphatic carbocycles. The number of nitrogens with zero attached hydrogens (tertiary/aromatic N) is 2. The zero-order chi connectivity index (χ0) is 11.5. The number of aromatic nitrogens is 2. The summed E-state index contributed by atoms with van der Waals surface area (Å²) >= 11 is 1.77. The van der Waals surface area contributed by atoms with E-state index in [0.29, 0.717) is 5.89 Å². The quantitative estimate of drug-likeness (QED) is 0.856. The molecule has 0 aromatic carbocycles. The van der Waals surface area contributed by atoms with E-state index >= 15 is 0 Å². The molecule has 0 radical (unpaired) electrons. The second-order valence-corrected chi connectivity index (χ2v) is 5.58. The van der Waals surface area contributed by atoms with Crippen LogP contribution in [-0.4, -0.2) is 22.1 Å². The molecule has 1 aromatic rings. The van der Waals surface area contributed by atoms with Crippen LogP contribution in [0.4, 0.5) is 0 Å². The van der Waals surface area contributed by atoms with Crippen LogP contribution in [0.15, 0.2) is 4.52 Å². The molecule has 4 nitrogen and oxygen atoms in total. The van der Waals surface area contributed by atoms with Gasteiger partial charge in [0.2, 0.25) is 5.89 Å². The van der Waals surface area contributed by atoms with Crippen molar-refractivity contribution < 1.29 is 4.52 Å². The topological polar surface area (TPSA) is 64.9 Å². The van der Waals surface area contributed by atoms with Crippen LogP contribution in [0.2, 0.25) is 0 Å². The molecule has 0 saturated heterocycles. The minimum atomic E-state index is -0.138. The molecule has 86 valence electrons. The zero-order valence-corrected chi connectivity index (χ0v) is 10.6. The van der Waals surface area contributed by atoms with E-state index in [4.69, 9.17) is 10.3 Å². The summed E-state index contributed by atoms with van der Waals surface area (Å²) in [5.74, 6) is 2.28. The summed E-state index contributed by atoms with van der Waals surface area (Å²) < 4.78 is 5.15. The van der Waals surface area contributed by atoms with Crippen LogP contribution < -0.4 is 5.73 Å². The summed E-state index contributed by atoms with van der Waals surface area (Å²) in [6.45, 7) is 6.15. The first-order chi connectivity index (χ1) is 6.95. The number of nitrogens with two attached hydrogens (primary N) is 1. The fourth-order valence-electron chi connectivity index (χ4n) is 1.06. The summed E-state index contributed by atoms with van der Waals surface area (Å²) in [6, 6.07) is -0.138. The average molecular weight is 229 g/mol. The second kappa shape index (κ2) is 4.99. The lowest BCUT2D eigenvalue weighted by molar-refractivity contribution is 0.342. The van der Waals surface area contributed by atoms with Gasteiger partial charge in [-0.05, 0) is 18.4 Å². The summed E-state index contributed by atoms with van der Waals surface area (Å²) in [5, 5.41) is 3.94. The zero-order valence-electron chi connectivity index (χ0n) is 9.78. The van der Waals surface area contributed by atoms with Gasteiger partial charge in [-0.3, -0.25) is 0 Å². The molecule has 0 fully saturated rings. The van der Waals surface area contributed by atoms with Crippen LogP contribution in [-0.2, 0) is 5.41 Å². The molecule has 1 heterocycles. The highest BCUT2D eigenvalue weighted by atomic mass is 32.2. The first kappa shape index (κ1) is 12.5. The number of hydrogen-bond acceptors (Lipinski definition) is 5.